The smallest absolute Gasteiger partial charge is 0.175 e. The van der Waals surface area contributed by atoms with Crippen LogP contribution in [-0.2, 0) is 6.42 Å². The normalized spacial score (nSPS) is 17.5. The molecule has 1 fully saturated rings. The van der Waals surface area contributed by atoms with Gasteiger partial charge in [0.15, 0.2) is 5.78 Å². The summed E-state index contributed by atoms with van der Waals surface area (Å²) in [7, 11) is 0. The predicted molar refractivity (Wildman–Crippen MR) is 60.0 cm³/mol. The molecule has 2 rings (SSSR count). The molecule has 0 aliphatic heterocycles. The van der Waals surface area contributed by atoms with Gasteiger partial charge in [-0.2, -0.15) is 0 Å². The molecule has 0 atom stereocenters. The van der Waals surface area contributed by atoms with Crippen molar-refractivity contribution in [1.29, 1.82) is 0 Å². The molecule has 0 spiro atoms. The summed E-state index contributed by atoms with van der Waals surface area (Å²) < 4.78 is 0. The highest BCUT2D eigenvalue weighted by Crippen LogP contribution is 2.30. The summed E-state index contributed by atoms with van der Waals surface area (Å²) in [6, 6.07) is 4.09. The Morgan fingerprint density at radius 3 is 2.71 bits per heavy atom. The topological polar surface area (TPSA) is 17.1 Å². The fourth-order valence-corrected chi connectivity index (χ4v) is 3.06. The van der Waals surface area contributed by atoms with Crippen LogP contribution in [0, 0.1) is 5.92 Å². The molecule has 0 amide bonds. The largest absolute Gasteiger partial charge is 0.293 e. The standard InChI is InChI=1S/C12H16OS/c1-2-10-7-8-11(14-10)12(13)9-5-3-4-6-9/h7-9H,2-6H2,1H3. The Bertz CT molecular complexity index is 321. The number of carbonyl (C=O) groups is 1. The molecule has 76 valence electrons. The fourth-order valence-electron chi connectivity index (χ4n) is 2.09. The molecule has 0 aromatic carbocycles. The van der Waals surface area contributed by atoms with Gasteiger partial charge in [0.25, 0.3) is 0 Å². The van der Waals surface area contributed by atoms with Gasteiger partial charge < -0.3 is 0 Å². The number of hydrogen-bond donors (Lipinski definition) is 0. The molecule has 1 aliphatic carbocycles. The highest BCUT2D eigenvalue weighted by Gasteiger charge is 2.24. The van der Waals surface area contributed by atoms with Crippen molar-refractivity contribution >= 4 is 17.1 Å². The quantitative estimate of drug-likeness (QED) is 0.692. The van der Waals surface area contributed by atoms with E-state index in [1.165, 1.54) is 17.7 Å². The Balaban J connectivity index is 2.09. The lowest BCUT2D eigenvalue weighted by Gasteiger charge is -2.04. The molecule has 1 aromatic heterocycles. The molecule has 14 heavy (non-hydrogen) atoms. The summed E-state index contributed by atoms with van der Waals surface area (Å²) in [6.07, 6.45) is 5.74. The second kappa shape index (κ2) is 4.26. The van der Waals surface area contributed by atoms with Gasteiger partial charge in [-0.1, -0.05) is 19.8 Å². The summed E-state index contributed by atoms with van der Waals surface area (Å²) in [6.45, 7) is 2.13. The van der Waals surface area contributed by atoms with Crippen molar-refractivity contribution < 1.29 is 4.79 Å². The van der Waals surface area contributed by atoms with Gasteiger partial charge in [-0.15, -0.1) is 11.3 Å². The van der Waals surface area contributed by atoms with E-state index in [0.29, 0.717) is 11.7 Å². The monoisotopic (exact) mass is 208 g/mol. The minimum Gasteiger partial charge on any atom is -0.293 e. The second-order valence-electron chi connectivity index (χ2n) is 3.97. The molecule has 1 saturated carbocycles. The first-order valence-corrected chi connectivity index (χ1v) is 6.26. The van der Waals surface area contributed by atoms with E-state index in [4.69, 9.17) is 0 Å². The highest BCUT2D eigenvalue weighted by molar-refractivity contribution is 7.14. The van der Waals surface area contributed by atoms with Gasteiger partial charge in [-0.3, -0.25) is 4.79 Å². The zero-order valence-corrected chi connectivity index (χ0v) is 9.40. The number of thiophene rings is 1. The summed E-state index contributed by atoms with van der Waals surface area (Å²) in [5.74, 6) is 0.727. The zero-order valence-electron chi connectivity index (χ0n) is 8.58. The maximum atomic E-state index is 12.0. The molecule has 0 unspecified atom stereocenters. The molecule has 1 aromatic rings. The van der Waals surface area contributed by atoms with Crippen LogP contribution in [0.5, 0.6) is 0 Å². The Morgan fingerprint density at radius 1 is 1.43 bits per heavy atom. The van der Waals surface area contributed by atoms with E-state index in [2.05, 4.69) is 13.0 Å². The summed E-state index contributed by atoms with van der Waals surface area (Å²) in [5, 5.41) is 0. The van der Waals surface area contributed by atoms with Crippen LogP contribution in [0.1, 0.15) is 47.2 Å². The van der Waals surface area contributed by atoms with Crippen molar-refractivity contribution in [1.82, 2.24) is 0 Å². The first kappa shape index (κ1) is 9.91. The Morgan fingerprint density at radius 2 is 2.14 bits per heavy atom. The molecule has 0 radical (unpaired) electrons. The molecule has 1 heterocycles. The first-order valence-electron chi connectivity index (χ1n) is 5.44. The minimum atomic E-state index is 0.332. The van der Waals surface area contributed by atoms with E-state index in [-0.39, 0.29) is 0 Å². The van der Waals surface area contributed by atoms with Crippen LogP contribution in [-0.4, -0.2) is 5.78 Å². The minimum absolute atomic E-state index is 0.332. The lowest BCUT2D eigenvalue weighted by molar-refractivity contribution is 0.0927. The van der Waals surface area contributed by atoms with E-state index in [1.54, 1.807) is 11.3 Å². The van der Waals surface area contributed by atoms with Crippen LogP contribution in [0.3, 0.4) is 0 Å². The highest BCUT2D eigenvalue weighted by atomic mass is 32.1. The maximum absolute atomic E-state index is 12.0. The molecule has 1 nitrogen and oxygen atoms in total. The van der Waals surface area contributed by atoms with Crippen molar-refractivity contribution in [3.63, 3.8) is 0 Å². The van der Waals surface area contributed by atoms with E-state index in [1.807, 2.05) is 6.07 Å². The van der Waals surface area contributed by atoms with Crippen molar-refractivity contribution in [2.75, 3.05) is 0 Å². The first-order chi connectivity index (χ1) is 6.81. The Kier molecular flexibility index (Phi) is 3.02. The van der Waals surface area contributed by atoms with Crippen molar-refractivity contribution in [2.24, 2.45) is 5.92 Å². The van der Waals surface area contributed by atoms with E-state index in [0.717, 1.165) is 24.1 Å². The van der Waals surface area contributed by atoms with E-state index >= 15 is 0 Å². The average molecular weight is 208 g/mol. The number of aryl methyl sites for hydroxylation is 1. The van der Waals surface area contributed by atoms with Crippen molar-refractivity contribution in [2.45, 2.75) is 39.0 Å². The number of hydrogen-bond acceptors (Lipinski definition) is 2. The Hall–Kier alpha value is -0.630. The van der Waals surface area contributed by atoms with Crippen LogP contribution in [0.15, 0.2) is 12.1 Å². The van der Waals surface area contributed by atoms with Crippen LogP contribution in [0.25, 0.3) is 0 Å². The van der Waals surface area contributed by atoms with E-state index < -0.39 is 0 Å². The molecule has 2 heteroatoms. The van der Waals surface area contributed by atoms with Gasteiger partial charge in [0.05, 0.1) is 4.88 Å². The summed E-state index contributed by atoms with van der Waals surface area (Å²) in [4.78, 5) is 14.3. The lowest BCUT2D eigenvalue weighted by Crippen LogP contribution is -2.08. The number of rotatable bonds is 3. The van der Waals surface area contributed by atoms with Gasteiger partial charge in [-0.05, 0) is 31.4 Å². The van der Waals surface area contributed by atoms with Gasteiger partial charge in [0.2, 0.25) is 0 Å². The molecule has 0 bridgehead atoms. The van der Waals surface area contributed by atoms with Crippen molar-refractivity contribution in [3.8, 4) is 0 Å². The number of carbonyl (C=O) groups excluding carboxylic acids is 1. The van der Waals surface area contributed by atoms with E-state index in [9.17, 15) is 4.79 Å². The maximum Gasteiger partial charge on any atom is 0.175 e. The van der Waals surface area contributed by atoms with Crippen molar-refractivity contribution in [3.05, 3.63) is 21.9 Å². The van der Waals surface area contributed by atoms with Gasteiger partial charge in [0, 0.05) is 10.8 Å². The third kappa shape index (κ3) is 1.90. The van der Waals surface area contributed by atoms with Gasteiger partial charge in [-0.25, -0.2) is 0 Å². The molecular formula is C12H16OS. The zero-order chi connectivity index (χ0) is 9.97. The van der Waals surface area contributed by atoms with Gasteiger partial charge in [0.1, 0.15) is 0 Å². The fraction of sp³-hybridized carbons (Fsp3) is 0.583. The van der Waals surface area contributed by atoms with Crippen LogP contribution >= 0.6 is 11.3 Å². The molecular weight excluding hydrogens is 192 g/mol. The van der Waals surface area contributed by atoms with Gasteiger partial charge >= 0.3 is 0 Å². The predicted octanol–water partition coefficient (Wildman–Crippen LogP) is 3.68. The Labute approximate surface area is 89.1 Å². The second-order valence-corrected chi connectivity index (χ2v) is 5.13. The summed E-state index contributed by atoms with van der Waals surface area (Å²) >= 11 is 1.68. The average Bonchev–Trinajstić information content (AvgIpc) is 2.88. The molecule has 0 saturated heterocycles. The molecule has 1 aliphatic rings. The number of Topliss-reactive ketones (excluding diaryl/α,β-unsaturated/α-hetero) is 1. The van der Waals surface area contributed by atoms with Crippen LogP contribution < -0.4 is 0 Å². The van der Waals surface area contributed by atoms with Crippen LogP contribution in [0.2, 0.25) is 0 Å². The van der Waals surface area contributed by atoms with Crippen LogP contribution in [0.4, 0.5) is 0 Å². The number of ketones is 1. The lowest BCUT2D eigenvalue weighted by atomic mass is 10.0. The third-order valence-electron chi connectivity index (χ3n) is 2.98. The third-order valence-corrected chi connectivity index (χ3v) is 4.22. The SMILES string of the molecule is CCc1ccc(C(=O)C2CCCC2)s1. The summed E-state index contributed by atoms with van der Waals surface area (Å²) in [5.41, 5.74) is 0. The molecule has 0 N–H and O–H groups in total.